The third kappa shape index (κ3) is 3.27. The molecule has 0 amide bonds. The van der Waals surface area contributed by atoms with Crippen LogP contribution < -0.4 is 0 Å². The average Bonchev–Trinajstić information content (AvgIpc) is 2.29. The molecule has 0 N–H and O–H groups in total. The Kier molecular flexibility index (Phi) is 4.98. The first-order valence-electron chi connectivity index (χ1n) is 5.54. The van der Waals surface area contributed by atoms with Crippen LogP contribution in [0.25, 0.3) is 0 Å². The topological polar surface area (TPSA) is 25.8 Å². The van der Waals surface area contributed by atoms with Crippen LogP contribution in [0.2, 0.25) is 0 Å². The summed E-state index contributed by atoms with van der Waals surface area (Å²) in [5, 5.41) is 0. The molecule has 0 aliphatic rings. The molecule has 4 heteroatoms. The lowest BCUT2D eigenvalue weighted by atomic mass is 10.0. The average molecular weight is 444 g/mol. The summed E-state index contributed by atoms with van der Waals surface area (Å²) in [6.45, 7) is 8.74. The van der Waals surface area contributed by atoms with Gasteiger partial charge in [0.15, 0.2) is 0 Å². The first-order chi connectivity index (χ1) is 7.33. The van der Waals surface area contributed by atoms with Crippen LogP contribution >= 0.6 is 45.2 Å². The highest BCUT2D eigenvalue weighted by Gasteiger charge is 2.25. The van der Waals surface area contributed by atoms with Crippen molar-refractivity contribution in [1.29, 1.82) is 0 Å². The fraction of sp³-hybridized carbons (Fsp3) is 0.667. The van der Waals surface area contributed by atoms with Gasteiger partial charge in [0.1, 0.15) is 0 Å². The van der Waals surface area contributed by atoms with Crippen LogP contribution in [0.1, 0.15) is 51.9 Å². The largest absolute Gasteiger partial charge is 0.256 e. The first-order valence-corrected chi connectivity index (χ1v) is 7.70. The molecular weight excluding hydrogens is 426 g/mol. The maximum Gasteiger partial charge on any atom is 0.0743 e. The minimum atomic E-state index is 0.0944. The van der Waals surface area contributed by atoms with E-state index in [1.807, 2.05) is 12.4 Å². The smallest absolute Gasteiger partial charge is 0.0743 e. The van der Waals surface area contributed by atoms with Crippen LogP contribution in [-0.4, -0.2) is 9.97 Å². The fourth-order valence-electron chi connectivity index (χ4n) is 1.23. The van der Waals surface area contributed by atoms with Crippen LogP contribution in [-0.2, 0) is 6.84 Å². The van der Waals surface area contributed by atoms with Gasteiger partial charge in [-0.05, 0) is 26.7 Å². The molecule has 1 aromatic rings. The lowest BCUT2D eigenvalue weighted by Crippen LogP contribution is -2.18. The molecule has 0 aliphatic carbocycles. The van der Waals surface area contributed by atoms with Gasteiger partial charge in [-0.3, -0.25) is 9.97 Å². The zero-order valence-corrected chi connectivity index (χ0v) is 14.5. The quantitative estimate of drug-likeness (QED) is 0.502. The molecule has 1 aromatic heterocycles. The third-order valence-electron chi connectivity index (χ3n) is 3.05. The molecule has 0 saturated carbocycles. The summed E-state index contributed by atoms with van der Waals surface area (Å²) < 4.78 is 0.189. The van der Waals surface area contributed by atoms with Crippen molar-refractivity contribution in [3.63, 3.8) is 0 Å². The molecule has 0 aliphatic heterocycles. The normalized spacial score (nSPS) is 18.9. The summed E-state index contributed by atoms with van der Waals surface area (Å²) in [6, 6.07) is 0. The standard InChI is InChI=1S/C12H18I2N2/c1-5-11(3,13)9-7-16-10(8-15-9)12(4,14)6-2/h7-8H,5-6H2,1-4H3. The minimum Gasteiger partial charge on any atom is -0.256 e. The second-order valence-electron chi connectivity index (χ2n) is 4.39. The maximum absolute atomic E-state index is 4.56. The van der Waals surface area contributed by atoms with Crippen molar-refractivity contribution >= 4 is 45.2 Å². The van der Waals surface area contributed by atoms with Gasteiger partial charge in [-0.1, -0.05) is 59.0 Å². The zero-order chi connectivity index (χ0) is 12.4. The van der Waals surface area contributed by atoms with Crippen molar-refractivity contribution in [3.8, 4) is 0 Å². The van der Waals surface area contributed by atoms with Crippen molar-refractivity contribution in [2.75, 3.05) is 0 Å². The summed E-state index contributed by atoms with van der Waals surface area (Å²) in [7, 11) is 0. The number of hydrogen-bond donors (Lipinski definition) is 0. The molecule has 2 atom stereocenters. The third-order valence-corrected chi connectivity index (χ3v) is 5.68. The second kappa shape index (κ2) is 5.46. The van der Waals surface area contributed by atoms with E-state index in [1.54, 1.807) is 0 Å². The Morgan fingerprint density at radius 3 is 1.44 bits per heavy atom. The van der Waals surface area contributed by atoms with Gasteiger partial charge in [-0.15, -0.1) is 0 Å². The van der Waals surface area contributed by atoms with Crippen molar-refractivity contribution < 1.29 is 0 Å². The summed E-state index contributed by atoms with van der Waals surface area (Å²) in [4.78, 5) is 9.12. The van der Waals surface area contributed by atoms with Gasteiger partial charge in [0.25, 0.3) is 0 Å². The van der Waals surface area contributed by atoms with Crippen LogP contribution in [0.3, 0.4) is 0 Å². The van der Waals surface area contributed by atoms with E-state index in [0.717, 1.165) is 24.2 Å². The molecule has 0 fully saturated rings. The van der Waals surface area contributed by atoms with E-state index in [-0.39, 0.29) is 6.84 Å². The number of rotatable bonds is 4. The Morgan fingerprint density at radius 2 is 1.25 bits per heavy atom. The molecular formula is C12H18I2N2. The Bertz CT molecular complexity index is 310. The lowest BCUT2D eigenvalue weighted by molar-refractivity contribution is 0.643. The number of hydrogen-bond acceptors (Lipinski definition) is 2. The predicted molar refractivity (Wildman–Crippen MR) is 85.4 cm³/mol. The van der Waals surface area contributed by atoms with Gasteiger partial charge in [0.2, 0.25) is 0 Å². The van der Waals surface area contributed by atoms with E-state index in [2.05, 4.69) is 82.8 Å². The van der Waals surface area contributed by atoms with Gasteiger partial charge < -0.3 is 0 Å². The number of nitrogens with zero attached hydrogens (tertiary/aromatic N) is 2. The molecule has 0 saturated heterocycles. The predicted octanol–water partition coefficient (Wildman–Crippen LogP) is 4.60. The summed E-state index contributed by atoms with van der Waals surface area (Å²) in [5.41, 5.74) is 2.14. The monoisotopic (exact) mass is 444 g/mol. The van der Waals surface area contributed by atoms with E-state index in [4.69, 9.17) is 0 Å². The lowest BCUT2D eigenvalue weighted by Gasteiger charge is -2.22. The van der Waals surface area contributed by atoms with Crippen molar-refractivity contribution in [2.45, 2.75) is 47.4 Å². The van der Waals surface area contributed by atoms with Gasteiger partial charge >= 0.3 is 0 Å². The van der Waals surface area contributed by atoms with Crippen LogP contribution in [0.4, 0.5) is 0 Å². The highest BCUT2D eigenvalue weighted by atomic mass is 127. The van der Waals surface area contributed by atoms with E-state index >= 15 is 0 Å². The Balaban J connectivity index is 3.00. The molecule has 1 rings (SSSR count). The molecule has 0 bridgehead atoms. The van der Waals surface area contributed by atoms with E-state index < -0.39 is 0 Å². The fourth-order valence-corrected chi connectivity index (χ4v) is 1.79. The van der Waals surface area contributed by atoms with Crippen LogP contribution in [0, 0.1) is 0 Å². The van der Waals surface area contributed by atoms with Gasteiger partial charge in [0, 0.05) is 0 Å². The van der Waals surface area contributed by atoms with E-state index in [9.17, 15) is 0 Å². The number of alkyl halides is 2. The van der Waals surface area contributed by atoms with Crippen LogP contribution in [0.15, 0.2) is 12.4 Å². The molecule has 0 aromatic carbocycles. The summed E-state index contributed by atoms with van der Waals surface area (Å²) >= 11 is 4.89. The van der Waals surface area contributed by atoms with Crippen LogP contribution in [0.5, 0.6) is 0 Å². The van der Waals surface area contributed by atoms with Crippen molar-refractivity contribution in [3.05, 3.63) is 23.8 Å². The molecule has 1 heterocycles. The summed E-state index contributed by atoms with van der Waals surface area (Å²) in [5.74, 6) is 0. The Labute approximate surface area is 125 Å². The molecule has 0 spiro atoms. The maximum atomic E-state index is 4.56. The van der Waals surface area contributed by atoms with E-state index in [0.29, 0.717) is 0 Å². The SMILES string of the molecule is CCC(C)(I)c1cnc(C(C)(I)CC)cn1. The number of halogens is 2. The molecule has 0 radical (unpaired) electrons. The minimum absolute atomic E-state index is 0.0944. The Morgan fingerprint density at radius 1 is 0.938 bits per heavy atom. The first kappa shape index (κ1) is 14.6. The summed E-state index contributed by atoms with van der Waals surface area (Å²) in [6.07, 6.45) is 5.99. The molecule has 16 heavy (non-hydrogen) atoms. The zero-order valence-electron chi connectivity index (χ0n) is 10.2. The molecule has 90 valence electrons. The van der Waals surface area contributed by atoms with Gasteiger partial charge in [0.05, 0.1) is 30.6 Å². The van der Waals surface area contributed by atoms with Gasteiger partial charge in [-0.2, -0.15) is 0 Å². The van der Waals surface area contributed by atoms with E-state index in [1.165, 1.54) is 0 Å². The molecule has 2 nitrogen and oxygen atoms in total. The van der Waals surface area contributed by atoms with Gasteiger partial charge in [-0.25, -0.2) is 0 Å². The second-order valence-corrected chi connectivity index (χ2v) is 9.15. The Hall–Kier alpha value is 0.540. The number of aromatic nitrogens is 2. The molecule has 2 unspecified atom stereocenters. The highest BCUT2D eigenvalue weighted by molar-refractivity contribution is 14.1. The van der Waals surface area contributed by atoms with Crippen molar-refractivity contribution in [2.24, 2.45) is 0 Å². The van der Waals surface area contributed by atoms with Crippen molar-refractivity contribution in [1.82, 2.24) is 9.97 Å². The highest BCUT2D eigenvalue weighted by Crippen LogP contribution is 2.36.